The summed E-state index contributed by atoms with van der Waals surface area (Å²) in [5.74, 6) is -1.80. The van der Waals surface area contributed by atoms with E-state index in [0.717, 1.165) is 6.42 Å². The van der Waals surface area contributed by atoms with Crippen molar-refractivity contribution in [1.29, 1.82) is 0 Å². The molecule has 1 saturated heterocycles. The Kier molecular flexibility index (Phi) is 6.23. The number of aliphatic hydroxyl groups excluding tert-OH is 2. The summed E-state index contributed by atoms with van der Waals surface area (Å²) in [5, 5.41) is 20.0. The van der Waals surface area contributed by atoms with E-state index in [1.54, 1.807) is 17.1 Å². The molecule has 0 saturated carbocycles. The largest absolute Gasteiger partial charge is 0.463 e. The lowest BCUT2D eigenvalue weighted by atomic mass is 10.1. The van der Waals surface area contributed by atoms with Crippen LogP contribution in [0, 0.1) is 5.82 Å². The number of carbonyl (C=O) groups is 1. The Labute approximate surface area is 141 Å². The van der Waals surface area contributed by atoms with Gasteiger partial charge in [-0.15, -0.1) is 0 Å². The predicted molar refractivity (Wildman–Crippen MR) is 82.2 cm³/mol. The lowest BCUT2D eigenvalue weighted by molar-refractivity contribution is -0.149. The van der Waals surface area contributed by atoms with Gasteiger partial charge < -0.3 is 19.7 Å². The van der Waals surface area contributed by atoms with Crippen LogP contribution in [0.5, 0.6) is 0 Å². The highest BCUT2D eigenvalue weighted by Gasteiger charge is 2.44. The van der Waals surface area contributed by atoms with Crippen molar-refractivity contribution in [2.75, 3.05) is 6.61 Å². The van der Waals surface area contributed by atoms with Crippen LogP contribution >= 0.6 is 0 Å². The van der Waals surface area contributed by atoms with Gasteiger partial charge in [0.25, 0.3) is 5.56 Å². The summed E-state index contributed by atoms with van der Waals surface area (Å²) in [7, 11) is 0. The zero-order valence-electron chi connectivity index (χ0n) is 13.4. The fourth-order valence-electron chi connectivity index (χ4n) is 2.33. The molecule has 0 aromatic carbocycles. The third-order valence-corrected chi connectivity index (χ3v) is 3.63. The fourth-order valence-corrected chi connectivity index (χ4v) is 2.33. The standard InChI is InChI=1S/C15H19FN2O7/c1-2-3-4-5-10(19)24-7-9-11(20)12(21)14(25-9)18-6-8(16)13(22)17-15(18)23/h3-4,6,9,11-12,14,20-21H,2,5,7H2,1H3,(H,17,22,23)/b4-3+/t9-,11-,12-,14-/m1/s1. The van der Waals surface area contributed by atoms with E-state index in [0.29, 0.717) is 10.8 Å². The summed E-state index contributed by atoms with van der Waals surface area (Å²) >= 11 is 0. The Morgan fingerprint density at radius 3 is 2.80 bits per heavy atom. The van der Waals surface area contributed by atoms with Crippen LogP contribution in [0.2, 0.25) is 0 Å². The van der Waals surface area contributed by atoms with Crippen LogP contribution < -0.4 is 11.2 Å². The molecule has 0 spiro atoms. The minimum atomic E-state index is -1.58. The number of halogens is 1. The molecule has 0 aliphatic carbocycles. The number of nitrogens with zero attached hydrogens (tertiary/aromatic N) is 1. The van der Waals surface area contributed by atoms with Crippen molar-refractivity contribution in [3.8, 4) is 0 Å². The van der Waals surface area contributed by atoms with Gasteiger partial charge in [0.15, 0.2) is 6.23 Å². The molecule has 3 N–H and O–H groups in total. The molecule has 1 aliphatic heterocycles. The maximum atomic E-state index is 13.4. The second-order valence-electron chi connectivity index (χ2n) is 5.46. The van der Waals surface area contributed by atoms with Crippen LogP contribution in [-0.4, -0.2) is 50.7 Å². The van der Waals surface area contributed by atoms with Crippen molar-refractivity contribution in [2.24, 2.45) is 0 Å². The molecule has 1 aliphatic rings. The number of esters is 1. The predicted octanol–water partition coefficient (Wildman–Crippen LogP) is -0.806. The smallest absolute Gasteiger partial charge is 0.330 e. The topological polar surface area (TPSA) is 131 Å². The zero-order chi connectivity index (χ0) is 18.6. The van der Waals surface area contributed by atoms with E-state index in [4.69, 9.17) is 9.47 Å². The number of aliphatic hydroxyl groups is 2. The summed E-state index contributed by atoms with van der Waals surface area (Å²) in [6.07, 6.45) is -0.765. The molecule has 1 aromatic rings. The minimum absolute atomic E-state index is 0.0488. The van der Waals surface area contributed by atoms with Gasteiger partial charge in [0.05, 0.1) is 12.6 Å². The van der Waals surface area contributed by atoms with Crippen LogP contribution in [0.1, 0.15) is 26.0 Å². The molecule has 10 heteroatoms. The van der Waals surface area contributed by atoms with E-state index < -0.39 is 47.6 Å². The van der Waals surface area contributed by atoms with Crippen molar-refractivity contribution in [1.82, 2.24) is 9.55 Å². The average molecular weight is 358 g/mol. The molecule has 0 radical (unpaired) electrons. The number of nitrogens with one attached hydrogen (secondary N) is 1. The third-order valence-electron chi connectivity index (χ3n) is 3.63. The molecule has 2 heterocycles. The van der Waals surface area contributed by atoms with Crippen molar-refractivity contribution < 1.29 is 28.9 Å². The van der Waals surface area contributed by atoms with Gasteiger partial charge in [-0.05, 0) is 6.42 Å². The first kappa shape index (κ1) is 19.0. The average Bonchev–Trinajstić information content (AvgIpc) is 2.85. The summed E-state index contributed by atoms with van der Waals surface area (Å²) in [6.45, 7) is 1.56. The monoisotopic (exact) mass is 358 g/mol. The van der Waals surface area contributed by atoms with Gasteiger partial charge in [0, 0.05) is 0 Å². The van der Waals surface area contributed by atoms with Crippen LogP contribution in [0.25, 0.3) is 0 Å². The molecule has 4 atom stereocenters. The van der Waals surface area contributed by atoms with Crippen molar-refractivity contribution >= 4 is 5.97 Å². The molecular formula is C15H19FN2O7. The number of hydrogen-bond donors (Lipinski definition) is 3. The Balaban J connectivity index is 2.05. The maximum Gasteiger partial charge on any atom is 0.330 e. The fraction of sp³-hybridized carbons (Fsp3) is 0.533. The first-order valence-corrected chi connectivity index (χ1v) is 7.68. The molecule has 0 bridgehead atoms. The van der Waals surface area contributed by atoms with Gasteiger partial charge in [-0.2, -0.15) is 4.39 Å². The summed E-state index contributed by atoms with van der Waals surface area (Å²) < 4.78 is 24.2. The van der Waals surface area contributed by atoms with E-state index in [-0.39, 0.29) is 13.0 Å². The van der Waals surface area contributed by atoms with E-state index in [2.05, 4.69) is 0 Å². The van der Waals surface area contributed by atoms with E-state index >= 15 is 0 Å². The minimum Gasteiger partial charge on any atom is -0.463 e. The maximum absolute atomic E-state index is 13.4. The summed E-state index contributed by atoms with van der Waals surface area (Å²) in [5.41, 5.74) is -2.22. The molecule has 0 amide bonds. The van der Waals surface area contributed by atoms with Gasteiger partial charge in [0.1, 0.15) is 24.9 Å². The number of H-pyrrole nitrogens is 1. The Morgan fingerprint density at radius 2 is 2.12 bits per heavy atom. The number of aromatic nitrogens is 2. The first-order chi connectivity index (χ1) is 11.8. The lowest BCUT2D eigenvalue weighted by Crippen LogP contribution is -2.38. The van der Waals surface area contributed by atoms with Crippen LogP contribution in [-0.2, 0) is 14.3 Å². The van der Waals surface area contributed by atoms with Crippen molar-refractivity contribution in [2.45, 2.75) is 44.3 Å². The number of carbonyl (C=O) groups excluding carboxylic acids is 1. The number of aromatic amines is 1. The van der Waals surface area contributed by atoms with E-state index in [1.807, 2.05) is 6.92 Å². The second-order valence-corrected chi connectivity index (χ2v) is 5.46. The van der Waals surface area contributed by atoms with Gasteiger partial charge in [-0.1, -0.05) is 19.1 Å². The second kappa shape index (κ2) is 8.19. The molecule has 0 unspecified atom stereocenters. The molecule has 9 nitrogen and oxygen atoms in total. The van der Waals surface area contributed by atoms with Crippen LogP contribution in [0.15, 0.2) is 27.9 Å². The third kappa shape index (κ3) is 4.41. The lowest BCUT2D eigenvalue weighted by Gasteiger charge is -2.16. The Morgan fingerprint density at radius 1 is 1.40 bits per heavy atom. The molecule has 1 fully saturated rings. The Bertz CT molecular complexity index is 757. The molecular weight excluding hydrogens is 339 g/mol. The number of ether oxygens (including phenoxy) is 2. The van der Waals surface area contributed by atoms with Crippen molar-refractivity contribution in [3.05, 3.63) is 45.0 Å². The number of allylic oxidation sites excluding steroid dienone is 1. The molecule has 25 heavy (non-hydrogen) atoms. The van der Waals surface area contributed by atoms with Gasteiger partial charge in [-0.3, -0.25) is 19.1 Å². The van der Waals surface area contributed by atoms with E-state index in [9.17, 15) is 29.0 Å². The molecule has 138 valence electrons. The number of hydrogen-bond acceptors (Lipinski definition) is 7. The van der Waals surface area contributed by atoms with Gasteiger partial charge in [-0.25, -0.2) is 4.79 Å². The molecule has 1 aromatic heterocycles. The zero-order valence-corrected chi connectivity index (χ0v) is 13.4. The SMILES string of the molecule is CC/C=C/CC(=O)OC[C@H]1O[C@@H](n2cc(F)c(=O)[nH]c2=O)[C@H](O)[C@@H]1O. The number of rotatable bonds is 6. The van der Waals surface area contributed by atoms with Crippen LogP contribution in [0.4, 0.5) is 4.39 Å². The van der Waals surface area contributed by atoms with Gasteiger partial charge >= 0.3 is 11.7 Å². The highest BCUT2D eigenvalue weighted by atomic mass is 19.1. The van der Waals surface area contributed by atoms with Crippen LogP contribution in [0.3, 0.4) is 0 Å². The Hall–Kier alpha value is -2.30. The van der Waals surface area contributed by atoms with E-state index in [1.165, 1.54) is 0 Å². The summed E-state index contributed by atoms with van der Waals surface area (Å²) in [4.78, 5) is 36.0. The highest BCUT2D eigenvalue weighted by Crippen LogP contribution is 2.28. The van der Waals surface area contributed by atoms with Gasteiger partial charge in [0.2, 0.25) is 5.82 Å². The highest BCUT2D eigenvalue weighted by molar-refractivity contribution is 5.71. The first-order valence-electron chi connectivity index (χ1n) is 7.68. The molecule has 2 rings (SSSR count). The quantitative estimate of drug-likeness (QED) is 0.448. The normalized spacial score (nSPS) is 26.2. The van der Waals surface area contributed by atoms with Crippen molar-refractivity contribution in [3.63, 3.8) is 0 Å². The summed E-state index contributed by atoms with van der Waals surface area (Å²) in [6, 6.07) is 0.